The molecule has 26 heavy (non-hydrogen) atoms. The van der Waals surface area contributed by atoms with Crippen LogP contribution in [0.2, 0.25) is 0 Å². The molecular weight excluding hydrogens is 324 g/mol. The van der Waals surface area contributed by atoms with Gasteiger partial charge in [-0.3, -0.25) is 0 Å². The third kappa shape index (κ3) is 5.18. The van der Waals surface area contributed by atoms with E-state index in [1.54, 1.807) is 0 Å². The smallest absolute Gasteiger partial charge is 0.0716 e. The lowest BCUT2D eigenvalue weighted by atomic mass is 9.58. The van der Waals surface area contributed by atoms with Crippen LogP contribution in [0.4, 0.5) is 0 Å². The van der Waals surface area contributed by atoms with Gasteiger partial charge in [0, 0.05) is 18.6 Å². The van der Waals surface area contributed by atoms with Crippen LogP contribution >= 0.6 is 0 Å². The molecule has 2 rings (SSSR count). The molecule has 3 nitrogen and oxygen atoms in total. The lowest BCUT2D eigenvalue weighted by Gasteiger charge is -2.47. The standard InChI is InChI=1S/C23H36O3/c1-5-23(17-25)12-11-21(22(2,3)4)20(15-23)19-9-7-18(8-10-19)16-26-14-6-13-24/h5,7-10,20-21,24-25H,1,6,11-17H2,2-4H3/t20-,21+,23-/m0/s1. The Balaban J connectivity index is 2.16. The van der Waals surface area contributed by atoms with E-state index in [9.17, 15) is 5.11 Å². The maximum absolute atomic E-state index is 9.97. The summed E-state index contributed by atoms with van der Waals surface area (Å²) in [4.78, 5) is 0. The van der Waals surface area contributed by atoms with Gasteiger partial charge < -0.3 is 14.9 Å². The first kappa shape index (κ1) is 21.1. The maximum Gasteiger partial charge on any atom is 0.0716 e. The molecule has 3 heteroatoms. The highest BCUT2D eigenvalue weighted by molar-refractivity contribution is 5.27. The molecule has 0 aromatic heterocycles. The summed E-state index contributed by atoms with van der Waals surface area (Å²) >= 11 is 0. The monoisotopic (exact) mass is 360 g/mol. The van der Waals surface area contributed by atoms with E-state index < -0.39 is 0 Å². The molecule has 0 aliphatic heterocycles. The van der Waals surface area contributed by atoms with Gasteiger partial charge in [-0.1, -0.05) is 51.1 Å². The zero-order chi connectivity index (χ0) is 19.2. The average molecular weight is 361 g/mol. The van der Waals surface area contributed by atoms with Crippen molar-refractivity contribution in [1.82, 2.24) is 0 Å². The summed E-state index contributed by atoms with van der Waals surface area (Å²) in [5, 5.41) is 18.8. The van der Waals surface area contributed by atoms with Crippen molar-refractivity contribution in [3.63, 3.8) is 0 Å². The molecule has 0 saturated heterocycles. The first-order valence-corrected chi connectivity index (χ1v) is 9.87. The van der Waals surface area contributed by atoms with Crippen molar-refractivity contribution in [2.45, 2.75) is 59.0 Å². The maximum atomic E-state index is 9.97. The summed E-state index contributed by atoms with van der Waals surface area (Å²) in [5.41, 5.74) is 2.59. The summed E-state index contributed by atoms with van der Waals surface area (Å²) < 4.78 is 5.58. The quantitative estimate of drug-likeness (QED) is 0.523. The summed E-state index contributed by atoms with van der Waals surface area (Å²) in [6.07, 6.45) is 5.75. The van der Waals surface area contributed by atoms with Crippen LogP contribution in [0.25, 0.3) is 0 Å². The average Bonchev–Trinajstić information content (AvgIpc) is 2.64. The van der Waals surface area contributed by atoms with E-state index in [-0.39, 0.29) is 24.0 Å². The normalized spacial score (nSPS) is 26.7. The van der Waals surface area contributed by atoms with Gasteiger partial charge in [0.1, 0.15) is 0 Å². The molecule has 146 valence electrons. The summed E-state index contributed by atoms with van der Waals surface area (Å²) in [7, 11) is 0. The molecule has 0 amide bonds. The first-order chi connectivity index (χ1) is 12.3. The lowest BCUT2D eigenvalue weighted by molar-refractivity contribution is 0.0512. The number of ether oxygens (including phenoxy) is 1. The van der Waals surface area contributed by atoms with Crippen molar-refractivity contribution in [3.8, 4) is 0 Å². The molecular formula is C23H36O3. The molecule has 1 saturated carbocycles. The minimum Gasteiger partial charge on any atom is -0.396 e. The molecule has 3 atom stereocenters. The second-order valence-electron chi connectivity index (χ2n) is 8.92. The first-order valence-electron chi connectivity index (χ1n) is 9.87. The molecule has 1 aromatic rings. The summed E-state index contributed by atoms with van der Waals surface area (Å²) in [6.45, 7) is 12.5. The largest absolute Gasteiger partial charge is 0.396 e. The predicted octanol–water partition coefficient (Wildman–Crippen LogP) is 4.68. The second kappa shape index (κ2) is 9.16. The van der Waals surface area contributed by atoms with Crippen LogP contribution in [0.15, 0.2) is 36.9 Å². The number of benzene rings is 1. The van der Waals surface area contributed by atoms with E-state index in [1.807, 2.05) is 6.08 Å². The van der Waals surface area contributed by atoms with Gasteiger partial charge in [0.2, 0.25) is 0 Å². The molecule has 0 heterocycles. The summed E-state index contributed by atoms with van der Waals surface area (Å²) in [5.74, 6) is 1.02. The van der Waals surface area contributed by atoms with Gasteiger partial charge in [0.05, 0.1) is 13.2 Å². The predicted molar refractivity (Wildman–Crippen MR) is 107 cm³/mol. The zero-order valence-corrected chi connectivity index (χ0v) is 16.7. The highest BCUT2D eigenvalue weighted by Gasteiger charge is 2.43. The van der Waals surface area contributed by atoms with Crippen LogP contribution in [0.1, 0.15) is 63.5 Å². The van der Waals surface area contributed by atoms with E-state index in [0.29, 0.717) is 31.5 Å². The molecule has 0 spiro atoms. The van der Waals surface area contributed by atoms with Gasteiger partial charge in [0.15, 0.2) is 0 Å². The summed E-state index contributed by atoms with van der Waals surface area (Å²) in [6, 6.07) is 8.75. The van der Waals surface area contributed by atoms with Crippen molar-refractivity contribution in [2.24, 2.45) is 16.7 Å². The topological polar surface area (TPSA) is 49.7 Å². The minimum atomic E-state index is -0.154. The Kier molecular flexibility index (Phi) is 7.45. The molecule has 0 unspecified atom stereocenters. The SMILES string of the molecule is C=C[C@]1(CO)CC[C@@H](C(C)(C)C)[C@H](c2ccc(COCCCO)cc2)C1. The fraction of sp³-hybridized carbons (Fsp3) is 0.652. The number of aliphatic hydroxyl groups is 2. The van der Waals surface area contributed by atoms with Crippen molar-refractivity contribution in [3.05, 3.63) is 48.0 Å². The Morgan fingerprint density at radius 1 is 1.23 bits per heavy atom. The highest BCUT2D eigenvalue weighted by atomic mass is 16.5. The number of rotatable bonds is 8. The van der Waals surface area contributed by atoms with Gasteiger partial charge in [0.25, 0.3) is 0 Å². The lowest BCUT2D eigenvalue weighted by Crippen LogP contribution is -2.39. The van der Waals surface area contributed by atoms with Crippen molar-refractivity contribution in [1.29, 1.82) is 0 Å². The van der Waals surface area contributed by atoms with Crippen LogP contribution in [-0.2, 0) is 11.3 Å². The molecule has 1 aromatic carbocycles. The van der Waals surface area contributed by atoms with Crippen LogP contribution in [0.5, 0.6) is 0 Å². The Hall–Kier alpha value is -1.16. The Bertz CT molecular complexity index is 558. The fourth-order valence-electron chi connectivity index (χ4n) is 4.32. The van der Waals surface area contributed by atoms with Crippen LogP contribution in [0, 0.1) is 16.7 Å². The van der Waals surface area contributed by atoms with Gasteiger partial charge in [-0.15, -0.1) is 6.58 Å². The van der Waals surface area contributed by atoms with Crippen LogP contribution < -0.4 is 0 Å². The van der Waals surface area contributed by atoms with E-state index in [2.05, 4.69) is 51.6 Å². The number of hydrogen-bond acceptors (Lipinski definition) is 3. The van der Waals surface area contributed by atoms with Crippen molar-refractivity contribution in [2.75, 3.05) is 19.8 Å². The van der Waals surface area contributed by atoms with E-state index in [0.717, 1.165) is 24.8 Å². The molecule has 1 aliphatic carbocycles. The minimum absolute atomic E-state index is 0.154. The van der Waals surface area contributed by atoms with Gasteiger partial charge in [-0.05, 0) is 54.1 Å². The number of hydrogen-bond donors (Lipinski definition) is 2. The molecule has 0 bridgehead atoms. The molecule has 1 fully saturated rings. The molecule has 2 N–H and O–H groups in total. The van der Waals surface area contributed by atoms with Crippen molar-refractivity contribution >= 4 is 0 Å². The highest BCUT2D eigenvalue weighted by Crippen LogP contribution is 2.53. The van der Waals surface area contributed by atoms with E-state index in [4.69, 9.17) is 9.84 Å². The fourth-order valence-corrected chi connectivity index (χ4v) is 4.32. The third-order valence-electron chi connectivity index (χ3n) is 6.05. The number of aliphatic hydroxyl groups excluding tert-OH is 2. The Labute approximate surface area is 159 Å². The van der Waals surface area contributed by atoms with Crippen molar-refractivity contribution < 1.29 is 14.9 Å². The second-order valence-corrected chi connectivity index (χ2v) is 8.92. The van der Waals surface area contributed by atoms with Gasteiger partial charge in [-0.2, -0.15) is 0 Å². The van der Waals surface area contributed by atoms with Gasteiger partial charge in [-0.25, -0.2) is 0 Å². The Morgan fingerprint density at radius 2 is 1.92 bits per heavy atom. The molecule has 1 aliphatic rings. The van der Waals surface area contributed by atoms with E-state index >= 15 is 0 Å². The van der Waals surface area contributed by atoms with Crippen LogP contribution in [0.3, 0.4) is 0 Å². The van der Waals surface area contributed by atoms with Gasteiger partial charge >= 0.3 is 0 Å². The zero-order valence-electron chi connectivity index (χ0n) is 16.7. The Morgan fingerprint density at radius 3 is 2.46 bits per heavy atom. The molecule has 0 radical (unpaired) electrons. The third-order valence-corrected chi connectivity index (χ3v) is 6.05. The van der Waals surface area contributed by atoms with E-state index in [1.165, 1.54) is 5.56 Å². The van der Waals surface area contributed by atoms with Crippen LogP contribution in [-0.4, -0.2) is 30.0 Å².